The second-order valence-corrected chi connectivity index (χ2v) is 4.47. The molecule has 1 fully saturated rings. The normalized spacial score (nSPS) is 16.8. The van der Waals surface area contributed by atoms with Crippen LogP contribution >= 0.6 is 0 Å². The first kappa shape index (κ1) is 12.8. The molecule has 1 saturated heterocycles. The minimum atomic E-state index is -0.271. The summed E-state index contributed by atoms with van der Waals surface area (Å²) in [4.78, 5) is 23.8. The summed E-state index contributed by atoms with van der Waals surface area (Å²) < 4.78 is 0. The summed E-state index contributed by atoms with van der Waals surface area (Å²) in [5.41, 5.74) is 6.33. The number of primary amides is 1. The summed E-state index contributed by atoms with van der Waals surface area (Å²) >= 11 is 0. The molecule has 2 rings (SSSR count). The van der Waals surface area contributed by atoms with Gasteiger partial charge in [-0.15, -0.1) is 0 Å². The Kier molecular flexibility index (Phi) is 4.09. The van der Waals surface area contributed by atoms with Crippen molar-refractivity contribution in [2.45, 2.75) is 13.3 Å². The maximum Gasteiger partial charge on any atom is 0.231 e. The van der Waals surface area contributed by atoms with Gasteiger partial charge in [-0.25, -0.2) is 9.97 Å². The number of carbonyl (C=O) groups is 1. The molecule has 2 heterocycles. The number of aromatic nitrogens is 2. The average molecular weight is 249 g/mol. The van der Waals surface area contributed by atoms with Gasteiger partial charge in [0.2, 0.25) is 11.9 Å². The third kappa shape index (κ3) is 3.16. The van der Waals surface area contributed by atoms with Crippen molar-refractivity contribution in [3.8, 4) is 0 Å². The Morgan fingerprint density at radius 1 is 1.28 bits per heavy atom. The maximum atomic E-state index is 10.8. The Morgan fingerprint density at radius 3 is 2.39 bits per heavy atom. The van der Waals surface area contributed by atoms with Gasteiger partial charge in [-0.2, -0.15) is 0 Å². The quantitative estimate of drug-likeness (QED) is 0.789. The molecule has 0 aromatic carbocycles. The third-order valence-corrected chi connectivity index (χ3v) is 3.13. The van der Waals surface area contributed by atoms with Crippen LogP contribution in [0.15, 0.2) is 12.4 Å². The average Bonchev–Trinajstić information content (AvgIpc) is 2.39. The van der Waals surface area contributed by atoms with Crippen molar-refractivity contribution in [1.29, 1.82) is 0 Å². The predicted octanol–water partition coefficient (Wildman–Crippen LogP) is -0.354. The molecule has 0 radical (unpaired) electrons. The zero-order valence-corrected chi connectivity index (χ0v) is 10.7. The van der Waals surface area contributed by atoms with Crippen molar-refractivity contribution in [2.24, 2.45) is 5.73 Å². The first-order chi connectivity index (χ1) is 8.69. The van der Waals surface area contributed by atoms with Gasteiger partial charge in [0.25, 0.3) is 0 Å². The van der Waals surface area contributed by atoms with Gasteiger partial charge < -0.3 is 10.6 Å². The van der Waals surface area contributed by atoms with Crippen LogP contribution in [0.4, 0.5) is 5.95 Å². The van der Waals surface area contributed by atoms with E-state index in [2.05, 4.69) is 26.7 Å². The third-order valence-electron chi connectivity index (χ3n) is 3.13. The Labute approximate surface area is 107 Å². The van der Waals surface area contributed by atoms with Crippen LogP contribution in [0, 0.1) is 0 Å². The lowest BCUT2D eigenvalue weighted by Gasteiger charge is -2.33. The fourth-order valence-electron chi connectivity index (χ4n) is 2.02. The highest BCUT2D eigenvalue weighted by Gasteiger charge is 2.19. The van der Waals surface area contributed by atoms with Crippen LogP contribution in [0.25, 0.3) is 0 Å². The van der Waals surface area contributed by atoms with Gasteiger partial charge >= 0.3 is 0 Å². The molecule has 6 heteroatoms. The van der Waals surface area contributed by atoms with Crippen LogP contribution in [-0.2, 0) is 11.2 Å². The summed E-state index contributed by atoms with van der Waals surface area (Å²) in [5.74, 6) is 0.498. The van der Waals surface area contributed by atoms with E-state index in [1.54, 1.807) is 0 Å². The van der Waals surface area contributed by atoms with Gasteiger partial charge in [-0.3, -0.25) is 9.69 Å². The molecule has 1 aromatic rings. The lowest BCUT2D eigenvalue weighted by Crippen LogP contribution is -2.49. The molecule has 0 aliphatic carbocycles. The smallest absolute Gasteiger partial charge is 0.231 e. The van der Waals surface area contributed by atoms with E-state index in [0.717, 1.165) is 44.1 Å². The zero-order chi connectivity index (χ0) is 13.0. The van der Waals surface area contributed by atoms with E-state index in [1.165, 1.54) is 0 Å². The molecule has 18 heavy (non-hydrogen) atoms. The number of hydrogen-bond donors (Lipinski definition) is 1. The monoisotopic (exact) mass is 249 g/mol. The number of rotatable bonds is 4. The predicted molar refractivity (Wildman–Crippen MR) is 69.3 cm³/mol. The molecule has 1 aliphatic rings. The number of hydrogen-bond acceptors (Lipinski definition) is 5. The van der Waals surface area contributed by atoms with Gasteiger partial charge in [0.1, 0.15) is 0 Å². The zero-order valence-electron chi connectivity index (χ0n) is 10.7. The number of carbonyl (C=O) groups excluding carboxylic acids is 1. The van der Waals surface area contributed by atoms with Crippen molar-refractivity contribution in [3.63, 3.8) is 0 Å². The molecule has 98 valence electrons. The number of anilines is 1. The van der Waals surface area contributed by atoms with Crippen LogP contribution in [0.3, 0.4) is 0 Å². The fourth-order valence-corrected chi connectivity index (χ4v) is 2.02. The lowest BCUT2D eigenvalue weighted by atomic mass is 10.3. The highest BCUT2D eigenvalue weighted by molar-refractivity contribution is 5.75. The topological polar surface area (TPSA) is 75.3 Å². The van der Waals surface area contributed by atoms with E-state index in [-0.39, 0.29) is 5.91 Å². The summed E-state index contributed by atoms with van der Waals surface area (Å²) in [6.07, 6.45) is 4.70. The van der Waals surface area contributed by atoms with E-state index in [0.29, 0.717) is 6.54 Å². The number of nitrogens with zero attached hydrogens (tertiary/aromatic N) is 4. The molecule has 2 N–H and O–H groups in total. The molecule has 1 aliphatic heterocycles. The minimum absolute atomic E-state index is 0.271. The maximum absolute atomic E-state index is 10.8. The number of nitrogens with two attached hydrogens (primary N) is 1. The number of piperazine rings is 1. The van der Waals surface area contributed by atoms with Gasteiger partial charge in [0.15, 0.2) is 0 Å². The van der Waals surface area contributed by atoms with E-state index >= 15 is 0 Å². The first-order valence-electron chi connectivity index (χ1n) is 6.25. The first-order valence-corrected chi connectivity index (χ1v) is 6.25. The second kappa shape index (κ2) is 5.77. The molecule has 6 nitrogen and oxygen atoms in total. The molecular weight excluding hydrogens is 230 g/mol. The molecule has 0 bridgehead atoms. The van der Waals surface area contributed by atoms with E-state index in [1.807, 2.05) is 12.4 Å². The van der Waals surface area contributed by atoms with E-state index in [4.69, 9.17) is 5.73 Å². The Hall–Kier alpha value is -1.69. The highest BCUT2D eigenvalue weighted by atomic mass is 16.1. The van der Waals surface area contributed by atoms with Crippen LogP contribution in [0.5, 0.6) is 0 Å². The van der Waals surface area contributed by atoms with Crippen LogP contribution in [0.1, 0.15) is 12.5 Å². The SMILES string of the molecule is CCc1cnc(N2CCN(CC(N)=O)CC2)nc1. The van der Waals surface area contributed by atoms with E-state index in [9.17, 15) is 4.79 Å². The Morgan fingerprint density at radius 2 is 1.89 bits per heavy atom. The summed E-state index contributed by atoms with van der Waals surface area (Å²) in [7, 11) is 0. The van der Waals surface area contributed by atoms with Crippen LogP contribution in [0.2, 0.25) is 0 Å². The summed E-state index contributed by atoms with van der Waals surface area (Å²) in [6.45, 7) is 5.73. The van der Waals surface area contributed by atoms with E-state index < -0.39 is 0 Å². The molecule has 1 amide bonds. The molecule has 0 spiro atoms. The molecule has 0 unspecified atom stereocenters. The Bertz CT molecular complexity index is 397. The summed E-state index contributed by atoms with van der Waals surface area (Å²) in [5, 5.41) is 0. The van der Waals surface area contributed by atoms with Crippen LogP contribution in [-0.4, -0.2) is 53.5 Å². The largest absolute Gasteiger partial charge is 0.369 e. The standard InChI is InChI=1S/C12H19N5O/c1-2-10-7-14-12(15-8-10)17-5-3-16(4-6-17)9-11(13)18/h7-8H,2-6,9H2,1H3,(H2,13,18). The fraction of sp³-hybridized carbons (Fsp3) is 0.583. The van der Waals surface area contributed by atoms with Crippen molar-refractivity contribution >= 4 is 11.9 Å². The number of aryl methyl sites for hydroxylation is 1. The van der Waals surface area contributed by atoms with Crippen molar-refractivity contribution in [3.05, 3.63) is 18.0 Å². The van der Waals surface area contributed by atoms with Gasteiger partial charge in [0, 0.05) is 38.6 Å². The number of amides is 1. The minimum Gasteiger partial charge on any atom is -0.369 e. The van der Waals surface area contributed by atoms with Gasteiger partial charge in [0.05, 0.1) is 6.54 Å². The van der Waals surface area contributed by atoms with Crippen molar-refractivity contribution in [2.75, 3.05) is 37.6 Å². The van der Waals surface area contributed by atoms with Crippen molar-refractivity contribution < 1.29 is 4.79 Å². The highest BCUT2D eigenvalue weighted by Crippen LogP contribution is 2.10. The lowest BCUT2D eigenvalue weighted by molar-refractivity contribution is -0.119. The molecule has 0 saturated carbocycles. The Balaban J connectivity index is 1.90. The van der Waals surface area contributed by atoms with Gasteiger partial charge in [-0.05, 0) is 12.0 Å². The second-order valence-electron chi connectivity index (χ2n) is 4.47. The molecule has 1 aromatic heterocycles. The summed E-state index contributed by atoms with van der Waals surface area (Å²) in [6, 6.07) is 0. The van der Waals surface area contributed by atoms with Gasteiger partial charge in [-0.1, -0.05) is 6.92 Å². The molecular formula is C12H19N5O. The van der Waals surface area contributed by atoms with Crippen LogP contribution < -0.4 is 10.6 Å². The molecule has 0 atom stereocenters. The van der Waals surface area contributed by atoms with Crippen molar-refractivity contribution in [1.82, 2.24) is 14.9 Å².